The van der Waals surface area contributed by atoms with Gasteiger partial charge in [0, 0.05) is 46.3 Å². The molecule has 9 nitrogen and oxygen atoms in total. The largest absolute Gasteiger partial charge is 0.335 e. The van der Waals surface area contributed by atoms with Gasteiger partial charge in [-0.2, -0.15) is 5.10 Å². The molecule has 0 saturated heterocycles. The third-order valence-electron chi connectivity index (χ3n) is 6.21. The normalized spacial score (nSPS) is 11.8. The summed E-state index contributed by atoms with van der Waals surface area (Å²) in [5.74, 6) is 0.0522. The zero-order valence-corrected chi connectivity index (χ0v) is 20.9. The first kappa shape index (κ1) is 23.4. The van der Waals surface area contributed by atoms with Gasteiger partial charge in [0.1, 0.15) is 17.0 Å². The fraction of sp³-hybridized carbons (Fsp3) is 0.143. The van der Waals surface area contributed by atoms with Crippen LogP contribution in [0.5, 0.6) is 0 Å². The number of hydrogen-bond acceptors (Lipinski definition) is 6. The van der Waals surface area contributed by atoms with Crippen LogP contribution in [0.3, 0.4) is 0 Å². The van der Waals surface area contributed by atoms with Crippen molar-refractivity contribution in [2.45, 2.75) is 20.8 Å². The van der Waals surface area contributed by atoms with E-state index in [-0.39, 0.29) is 11.7 Å². The first-order valence-electron chi connectivity index (χ1n) is 12.0. The van der Waals surface area contributed by atoms with Crippen LogP contribution >= 0.6 is 0 Å². The molecule has 0 aliphatic heterocycles. The summed E-state index contributed by atoms with van der Waals surface area (Å²) in [6, 6.07) is 10.3. The highest BCUT2D eigenvalue weighted by atomic mass is 19.1. The molecule has 3 N–H and O–H groups in total. The summed E-state index contributed by atoms with van der Waals surface area (Å²) in [7, 11) is 0. The van der Waals surface area contributed by atoms with Gasteiger partial charge in [-0.15, -0.1) is 0 Å². The molecular weight excluding hydrogens is 483 g/mol. The lowest BCUT2D eigenvalue weighted by Crippen LogP contribution is -2.27. The quantitative estimate of drug-likeness (QED) is 0.280. The van der Waals surface area contributed by atoms with E-state index in [4.69, 9.17) is 4.98 Å². The van der Waals surface area contributed by atoms with Crippen molar-refractivity contribution in [3.63, 3.8) is 0 Å². The fourth-order valence-corrected chi connectivity index (χ4v) is 4.15. The van der Waals surface area contributed by atoms with Crippen molar-refractivity contribution in [1.29, 1.82) is 0 Å². The molecule has 0 aliphatic carbocycles. The Morgan fingerprint density at radius 3 is 2.55 bits per heavy atom. The number of fused-ring (bicyclic) bond motifs is 2. The van der Waals surface area contributed by atoms with Crippen molar-refractivity contribution in [2.75, 3.05) is 5.32 Å². The maximum Gasteiger partial charge on any atom is 0.229 e. The van der Waals surface area contributed by atoms with E-state index >= 15 is 0 Å². The SMILES string of the molecule is CC(C)(C)C(=O)Nc1cncc(-c2cnc3[nH]nc(-c4nc5c(-c6ccccc6F)cncc5[nH]4)c3c2)c1. The van der Waals surface area contributed by atoms with Crippen molar-refractivity contribution in [2.24, 2.45) is 5.41 Å². The molecule has 38 heavy (non-hydrogen) atoms. The number of pyridine rings is 3. The topological polar surface area (TPSA) is 125 Å². The number of carbonyl (C=O) groups excluding carboxylic acids is 1. The number of rotatable bonds is 4. The highest BCUT2D eigenvalue weighted by Crippen LogP contribution is 2.33. The lowest BCUT2D eigenvalue weighted by atomic mass is 9.95. The Balaban J connectivity index is 1.41. The molecule has 188 valence electrons. The smallest absolute Gasteiger partial charge is 0.229 e. The van der Waals surface area contributed by atoms with Gasteiger partial charge in [0.15, 0.2) is 11.5 Å². The number of benzene rings is 1. The number of aromatic amines is 2. The highest BCUT2D eigenvalue weighted by Gasteiger charge is 2.22. The Morgan fingerprint density at radius 1 is 0.947 bits per heavy atom. The van der Waals surface area contributed by atoms with Gasteiger partial charge in [-0.3, -0.25) is 19.9 Å². The number of aromatic nitrogens is 7. The minimum atomic E-state index is -0.531. The zero-order valence-electron chi connectivity index (χ0n) is 20.9. The molecule has 1 aromatic carbocycles. The number of imidazole rings is 1. The van der Waals surface area contributed by atoms with Crippen LogP contribution in [0.2, 0.25) is 0 Å². The summed E-state index contributed by atoms with van der Waals surface area (Å²) in [6.07, 6.45) is 8.29. The van der Waals surface area contributed by atoms with Crippen molar-refractivity contribution in [3.05, 3.63) is 73.2 Å². The van der Waals surface area contributed by atoms with Gasteiger partial charge in [-0.1, -0.05) is 39.0 Å². The van der Waals surface area contributed by atoms with Gasteiger partial charge in [-0.05, 0) is 18.2 Å². The summed E-state index contributed by atoms with van der Waals surface area (Å²) in [5, 5.41) is 11.1. The van der Waals surface area contributed by atoms with E-state index in [0.717, 1.165) is 16.5 Å². The maximum atomic E-state index is 14.5. The third-order valence-corrected chi connectivity index (χ3v) is 6.21. The molecule has 0 bridgehead atoms. The van der Waals surface area contributed by atoms with Crippen LogP contribution < -0.4 is 5.32 Å². The molecular formula is C28H23FN8O. The van der Waals surface area contributed by atoms with Crippen LogP contribution in [0, 0.1) is 11.2 Å². The molecule has 0 fully saturated rings. The van der Waals surface area contributed by atoms with E-state index in [1.165, 1.54) is 6.07 Å². The number of halogens is 1. The Hall–Kier alpha value is -4.99. The van der Waals surface area contributed by atoms with E-state index in [1.54, 1.807) is 49.2 Å². The number of hydrogen-bond donors (Lipinski definition) is 3. The summed E-state index contributed by atoms with van der Waals surface area (Å²) >= 11 is 0. The zero-order chi connectivity index (χ0) is 26.4. The molecule has 10 heteroatoms. The van der Waals surface area contributed by atoms with Gasteiger partial charge in [-0.25, -0.2) is 14.4 Å². The molecule has 0 aliphatic rings. The molecule has 5 heterocycles. The third kappa shape index (κ3) is 4.15. The lowest BCUT2D eigenvalue weighted by molar-refractivity contribution is -0.123. The van der Waals surface area contributed by atoms with Crippen LogP contribution in [0.4, 0.5) is 10.1 Å². The Bertz CT molecular complexity index is 1830. The Labute approximate surface area is 216 Å². The first-order chi connectivity index (χ1) is 18.3. The van der Waals surface area contributed by atoms with Crippen LogP contribution in [-0.4, -0.2) is 41.0 Å². The number of amides is 1. The minimum Gasteiger partial charge on any atom is -0.335 e. The van der Waals surface area contributed by atoms with E-state index in [2.05, 4.69) is 35.5 Å². The van der Waals surface area contributed by atoms with Gasteiger partial charge in [0.05, 0.1) is 29.0 Å². The summed E-state index contributed by atoms with van der Waals surface area (Å²) in [5.41, 5.74) is 5.05. The standard InChI is InChI=1S/C28H23FN8O/c1-28(2,3)27(38)33-17-8-15(10-30-12-17)16-9-19-24(36-37-25(19)32-11-16)26-34-22-14-31-13-20(23(22)35-26)18-6-4-5-7-21(18)29/h4-14H,1-3H3,(H,33,38)(H,34,35)(H,32,36,37). The van der Waals surface area contributed by atoms with Crippen LogP contribution in [0.15, 0.2) is 67.4 Å². The van der Waals surface area contributed by atoms with Gasteiger partial charge >= 0.3 is 0 Å². The monoisotopic (exact) mass is 506 g/mol. The van der Waals surface area contributed by atoms with E-state index < -0.39 is 5.41 Å². The number of nitrogens with zero attached hydrogens (tertiary/aromatic N) is 5. The van der Waals surface area contributed by atoms with Crippen molar-refractivity contribution in [3.8, 4) is 33.8 Å². The van der Waals surface area contributed by atoms with E-state index in [9.17, 15) is 9.18 Å². The summed E-state index contributed by atoms with van der Waals surface area (Å²) < 4.78 is 14.5. The molecule has 0 atom stereocenters. The molecule has 0 radical (unpaired) electrons. The van der Waals surface area contributed by atoms with Crippen LogP contribution in [0.1, 0.15) is 20.8 Å². The number of anilines is 1. The molecule has 5 aromatic heterocycles. The van der Waals surface area contributed by atoms with Crippen molar-refractivity contribution >= 4 is 33.7 Å². The van der Waals surface area contributed by atoms with Gasteiger partial charge in [0.2, 0.25) is 5.91 Å². The second-order valence-corrected chi connectivity index (χ2v) is 10.0. The molecule has 6 aromatic rings. The fourth-order valence-electron chi connectivity index (χ4n) is 4.15. The van der Waals surface area contributed by atoms with Crippen molar-refractivity contribution < 1.29 is 9.18 Å². The average molecular weight is 507 g/mol. The highest BCUT2D eigenvalue weighted by molar-refractivity contribution is 5.97. The average Bonchev–Trinajstić information content (AvgIpc) is 3.52. The van der Waals surface area contributed by atoms with Crippen LogP contribution in [0.25, 0.3) is 55.8 Å². The second kappa shape index (κ2) is 8.84. The maximum absolute atomic E-state index is 14.5. The van der Waals surface area contributed by atoms with E-state index in [1.807, 2.05) is 32.9 Å². The van der Waals surface area contributed by atoms with Crippen LogP contribution in [-0.2, 0) is 4.79 Å². The van der Waals surface area contributed by atoms with Gasteiger partial charge in [0.25, 0.3) is 0 Å². The summed E-state index contributed by atoms with van der Waals surface area (Å²) in [6.45, 7) is 5.56. The molecule has 0 unspecified atom stereocenters. The minimum absolute atomic E-state index is 0.101. The lowest BCUT2D eigenvalue weighted by Gasteiger charge is -2.17. The number of H-pyrrole nitrogens is 2. The Kier molecular flexibility index (Phi) is 5.45. The molecule has 6 rings (SSSR count). The predicted octanol–water partition coefficient (Wildman–Crippen LogP) is 5.75. The van der Waals surface area contributed by atoms with Gasteiger partial charge < -0.3 is 10.3 Å². The molecule has 0 spiro atoms. The van der Waals surface area contributed by atoms with Crippen molar-refractivity contribution in [1.82, 2.24) is 35.1 Å². The molecule has 1 amide bonds. The predicted molar refractivity (Wildman–Crippen MR) is 143 cm³/mol. The number of carbonyl (C=O) groups is 1. The first-order valence-corrected chi connectivity index (χ1v) is 12.0. The Morgan fingerprint density at radius 2 is 1.74 bits per heavy atom. The number of nitrogens with one attached hydrogen (secondary N) is 3. The summed E-state index contributed by atoms with van der Waals surface area (Å²) in [4.78, 5) is 33.5. The van der Waals surface area contributed by atoms with E-state index in [0.29, 0.717) is 45.0 Å². The molecule has 0 saturated carbocycles. The second-order valence-electron chi connectivity index (χ2n) is 10.0.